The predicted molar refractivity (Wildman–Crippen MR) is 69.5 cm³/mol. The zero-order valence-electron chi connectivity index (χ0n) is 10.00. The van der Waals surface area contributed by atoms with Gasteiger partial charge in [0.25, 0.3) is 0 Å². The summed E-state index contributed by atoms with van der Waals surface area (Å²) in [5.74, 6) is -0.523. The number of carbonyl (C=O) groups excluding carboxylic acids is 1. The maximum absolute atomic E-state index is 11.0. The number of carbonyl (C=O) groups is 1. The van der Waals surface area contributed by atoms with Crippen molar-refractivity contribution in [3.05, 3.63) is 28.8 Å². The molecule has 0 aliphatic rings. The summed E-state index contributed by atoms with van der Waals surface area (Å²) in [7, 11) is 1.66. The zero-order chi connectivity index (χ0) is 12.8. The van der Waals surface area contributed by atoms with Gasteiger partial charge in [0.2, 0.25) is 5.91 Å². The molecule has 0 aromatic heterocycles. The number of halogens is 1. The van der Waals surface area contributed by atoms with Crippen molar-refractivity contribution in [2.75, 3.05) is 19.0 Å². The van der Waals surface area contributed by atoms with Crippen molar-refractivity contribution in [1.29, 1.82) is 0 Å². The number of benzene rings is 1. The van der Waals surface area contributed by atoms with Gasteiger partial charge in [0.05, 0.1) is 17.2 Å². The van der Waals surface area contributed by atoms with E-state index in [-0.39, 0.29) is 6.04 Å². The van der Waals surface area contributed by atoms with E-state index in [1.54, 1.807) is 25.3 Å². The topological polar surface area (TPSA) is 64.3 Å². The standard InChI is InChI=1S/C12H17ClN2O2/c1-3-8(7-17-2)15-9-4-5-10(12(14)16)11(13)6-9/h4-6,8,15H,3,7H2,1-2H3,(H2,14,16). The molecule has 0 fully saturated rings. The molecule has 1 unspecified atom stereocenters. The molecule has 1 rings (SSSR count). The van der Waals surface area contributed by atoms with Crippen LogP contribution in [0.1, 0.15) is 23.7 Å². The van der Waals surface area contributed by atoms with Crippen LogP contribution in [-0.2, 0) is 4.74 Å². The Morgan fingerprint density at radius 2 is 2.29 bits per heavy atom. The molecule has 1 amide bonds. The smallest absolute Gasteiger partial charge is 0.250 e. The molecule has 5 heteroatoms. The summed E-state index contributed by atoms with van der Waals surface area (Å²) in [6.07, 6.45) is 0.934. The number of ether oxygens (including phenoxy) is 1. The minimum atomic E-state index is -0.523. The van der Waals surface area contributed by atoms with Gasteiger partial charge in [-0.1, -0.05) is 18.5 Å². The molecule has 0 saturated carbocycles. The summed E-state index contributed by atoms with van der Waals surface area (Å²) in [5.41, 5.74) is 6.36. The van der Waals surface area contributed by atoms with E-state index in [1.165, 1.54) is 0 Å². The summed E-state index contributed by atoms with van der Waals surface area (Å²) in [6, 6.07) is 5.31. The molecule has 0 aliphatic heterocycles. The highest BCUT2D eigenvalue weighted by Crippen LogP contribution is 2.21. The van der Waals surface area contributed by atoms with Crippen molar-refractivity contribution in [2.45, 2.75) is 19.4 Å². The highest BCUT2D eigenvalue weighted by atomic mass is 35.5. The Hall–Kier alpha value is -1.26. The number of rotatable bonds is 6. The Morgan fingerprint density at radius 3 is 2.76 bits per heavy atom. The minimum absolute atomic E-state index is 0.218. The van der Waals surface area contributed by atoms with Crippen LogP contribution in [0.25, 0.3) is 0 Å². The lowest BCUT2D eigenvalue weighted by Gasteiger charge is -2.17. The van der Waals surface area contributed by atoms with Gasteiger partial charge in [-0.3, -0.25) is 4.79 Å². The van der Waals surface area contributed by atoms with E-state index in [2.05, 4.69) is 12.2 Å². The van der Waals surface area contributed by atoms with Gasteiger partial charge in [-0.05, 0) is 24.6 Å². The first-order valence-electron chi connectivity index (χ1n) is 5.43. The Morgan fingerprint density at radius 1 is 1.59 bits per heavy atom. The van der Waals surface area contributed by atoms with E-state index in [0.717, 1.165) is 12.1 Å². The van der Waals surface area contributed by atoms with Gasteiger partial charge >= 0.3 is 0 Å². The van der Waals surface area contributed by atoms with Crippen LogP contribution >= 0.6 is 11.6 Å². The fourth-order valence-electron chi connectivity index (χ4n) is 1.50. The third-order valence-corrected chi connectivity index (χ3v) is 2.78. The molecule has 0 heterocycles. The predicted octanol–water partition coefficient (Wildman–Crippen LogP) is 2.28. The monoisotopic (exact) mass is 256 g/mol. The van der Waals surface area contributed by atoms with E-state index < -0.39 is 5.91 Å². The number of anilines is 1. The van der Waals surface area contributed by atoms with E-state index in [1.807, 2.05) is 0 Å². The van der Waals surface area contributed by atoms with Crippen LogP contribution < -0.4 is 11.1 Å². The Labute approximate surface area is 106 Å². The molecule has 0 saturated heterocycles. The second-order valence-corrected chi connectivity index (χ2v) is 4.17. The molecule has 17 heavy (non-hydrogen) atoms. The summed E-state index contributed by atoms with van der Waals surface area (Å²) in [6.45, 7) is 2.68. The second-order valence-electron chi connectivity index (χ2n) is 3.76. The summed E-state index contributed by atoms with van der Waals surface area (Å²) in [5, 5.41) is 3.63. The normalized spacial score (nSPS) is 12.2. The van der Waals surface area contributed by atoms with Gasteiger partial charge in [0.15, 0.2) is 0 Å². The number of hydrogen-bond acceptors (Lipinski definition) is 3. The van der Waals surface area contributed by atoms with Crippen LogP contribution in [0, 0.1) is 0 Å². The second kappa shape index (κ2) is 6.47. The number of hydrogen-bond donors (Lipinski definition) is 2. The lowest BCUT2D eigenvalue weighted by Crippen LogP contribution is -2.24. The SMILES string of the molecule is CCC(COC)Nc1ccc(C(N)=O)c(Cl)c1. The van der Waals surface area contributed by atoms with Crippen LogP contribution in [0.3, 0.4) is 0 Å². The van der Waals surface area contributed by atoms with Crippen molar-refractivity contribution in [1.82, 2.24) is 0 Å². The first kappa shape index (κ1) is 13.8. The highest BCUT2D eigenvalue weighted by Gasteiger charge is 2.09. The summed E-state index contributed by atoms with van der Waals surface area (Å²) in [4.78, 5) is 11.0. The largest absolute Gasteiger partial charge is 0.383 e. The van der Waals surface area contributed by atoms with Crippen molar-refractivity contribution in [3.63, 3.8) is 0 Å². The van der Waals surface area contributed by atoms with Crippen LogP contribution in [0.5, 0.6) is 0 Å². The van der Waals surface area contributed by atoms with Crippen LogP contribution in [-0.4, -0.2) is 25.7 Å². The third kappa shape index (κ3) is 3.91. The van der Waals surface area contributed by atoms with Gasteiger partial charge in [-0.2, -0.15) is 0 Å². The molecule has 1 aromatic rings. The molecule has 1 atom stereocenters. The molecule has 0 radical (unpaired) electrons. The van der Waals surface area contributed by atoms with Crippen molar-refractivity contribution >= 4 is 23.2 Å². The molecule has 1 aromatic carbocycles. The van der Waals surface area contributed by atoms with E-state index in [9.17, 15) is 4.79 Å². The van der Waals surface area contributed by atoms with E-state index in [4.69, 9.17) is 22.1 Å². The number of nitrogens with two attached hydrogens (primary N) is 1. The first-order valence-corrected chi connectivity index (χ1v) is 5.81. The first-order chi connectivity index (χ1) is 8.08. The lowest BCUT2D eigenvalue weighted by molar-refractivity contribution is 0.100. The van der Waals surface area contributed by atoms with Crippen LogP contribution in [0.15, 0.2) is 18.2 Å². The fourth-order valence-corrected chi connectivity index (χ4v) is 1.78. The van der Waals surface area contributed by atoms with Crippen molar-refractivity contribution < 1.29 is 9.53 Å². The van der Waals surface area contributed by atoms with Gasteiger partial charge in [-0.15, -0.1) is 0 Å². The molecule has 3 N–H and O–H groups in total. The van der Waals surface area contributed by atoms with Crippen LogP contribution in [0.2, 0.25) is 5.02 Å². The van der Waals surface area contributed by atoms with E-state index in [0.29, 0.717) is 17.2 Å². The van der Waals surface area contributed by atoms with Crippen molar-refractivity contribution in [2.24, 2.45) is 5.73 Å². The van der Waals surface area contributed by atoms with Crippen LogP contribution in [0.4, 0.5) is 5.69 Å². The number of methoxy groups -OCH3 is 1. The lowest BCUT2D eigenvalue weighted by atomic mass is 10.1. The number of primary amides is 1. The molecule has 94 valence electrons. The molecular formula is C12H17ClN2O2. The minimum Gasteiger partial charge on any atom is -0.383 e. The Balaban J connectivity index is 2.79. The average molecular weight is 257 g/mol. The Bertz CT molecular complexity index is 396. The number of nitrogens with one attached hydrogen (secondary N) is 1. The summed E-state index contributed by atoms with van der Waals surface area (Å²) < 4.78 is 5.09. The van der Waals surface area contributed by atoms with E-state index >= 15 is 0 Å². The third-order valence-electron chi connectivity index (χ3n) is 2.47. The quantitative estimate of drug-likeness (QED) is 0.821. The summed E-state index contributed by atoms with van der Waals surface area (Å²) >= 11 is 5.96. The van der Waals surface area contributed by atoms with Crippen molar-refractivity contribution in [3.8, 4) is 0 Å². The van der Waals surface area contributed by atoms with Gasteiger partial charge in [-0.25, -0.2) is 0 Å². The Kier molecular flexibility index (Phi) is 5.25. The maximum atomic E-state index is 11.0. The van der Waals surface area contributed by atoms with Gasteiger partial charge < -0.3 is 15.8 Å². The molecular weight excluding hydrogens is 240 g/mol. The van der Waals surface area contributed by atoms with Gasteiger partial charge in [0.1, 0.15) is 0 Å². The zero-order valence-corrected chi connectivity index (χ0v) is 10.8. The molecule has 4 nitrogen and oxygen atoms in total. The molecule has 0 aliphatic carbocycles. The fraction of sp³-hybridized carbons (Fsp3) is 0.417. The number of amides is 1. The maximum Gasteiger partial charge on any atom is 0.250 e. The molecule has 0 spiro atoms. The molecule has 0 bridgehead atoms. The highest BCUT2D eigenvalue weighted by molar-refractivity contribution is 6.34. The van der Waals surface area contributed by atoms with Gasteiger partial charge in [0, 0.05) is 18.8 Å². The average Bonchev–Trinajstić information content (AvgIpc) is 2.28.